The predicted octanol–water partition coefficient (Wildman–Crippen LogP) is 7.55. The van der Waals surface area contributed by atoms with E-state index in [1.54, 1.807) is 34.7 Å². The van der Waals surface area contributed by atoms with Crippen LogP contribution in [0.4, 0.5) is 10.5 Å². The van der Waals surface area contributed by atoms with Crippen molar-refractivity contribution in [2.45, 2.75) is 52.9 Å². The van der Waals surface area contributed by atoms with Gasteiger partial charge in [0.2, 0.25) is 5.89 Å². The number of aliphatic hydroxyl groups is 1. The lowest BCUT2D eigenvalue weighted by Gasteiger charge is -2.29. The number of hydrogen-bond acceptors (Lipinski definition) is 7. The van der Waals surface area contributed by atoms with Crippen molar-refractivity contribution in [3.8, 4) is 22.6 Å². The second-order valence-corrected chi connectivity index (χ2v) is 13.0. The maximum Gasteiger partial charge on any atom is 0.410 e. The molecule has 10 nitrogen and oxygen atoms in total. The van der Waals surface area contributed by atoms with Crippen molar-refractivity contribution in [2.24, 2.45) is 7.05 Å². The maximum absolute atomic E-state index is 13.5. The van der Waals surface area contributed by atoms with Gasteiger partial charge in [0.15, 0.2) is 11.4 Å². The van der Waals surface area contributed by atoms with Crippen LogP contribution in [-0.4, -0.2) is 48.7 Å². The van der Waals surface area contributed by atoms with E-state index < -0.39 is 17.6 Å². The molecule has 12 heteroatoms. The first-order valence-electron chi connectivity index (χ1n) is 14.8. The number of nitrogens with one attached hydrogen (secondary N) is 1. The molecular formula is C34H33Cl2N5O5. The van der Waals surface area contributed by atoms with Gasteiger partial charge in [0.1, 0.15) is 11.1 Å². The lowest BCUT2D eigenvalue weighted by atomic mass is 9.96. The summed E-state index contributed by atoms with van der Waals surface area (Å²) in [6.45, 7) is 7.98. The first kappa shape index (κ1) is 31.6. The van der Waals surface area contributed by atoms with Gasteiger partial charge in [0.25, 0.3) is 5.91 Å². The monoisotopic (exact) mass is 661 g/mol. The minimum atomic E-state index is -0.607. The van der Waals surface area contributed by atoms with E-state index in [1.165, 1.54) is 0 Å². The second-order valence-electron chi connectivity index (χ2n) is 12.2. The van der Waals surface area contributed by atoms with Gasteiger partial charge in [-0.3, -0.25) is 4.79 Å². The van der Waals surface area contributed by atoms with Crippen molar-refractivity contribution >= 4 is 52.0 Å². The van der Waals surface area contributed by atoms with Gasteiger partial charge in [-0.15, -0.1) is 0 Å². The Morgan fingerprint density at radius 2 is 1.78 bits per heavy atom. The van der Waals surface area contributed by atoms with Crippen LogP contribution in [0.5, 0.6) is 0 Å². The SMILES string of the molecule is Cc1c(-c2nc3cc(CO)cc(Cl)c3o2)cccc1-c1cccc(NC(=O)c2nc3c(n2C)CCN(C(=O)OC(C)(C)C)C3)c1Cl. The molecule has 6 rings (SSSR count). The number of anilines is 1. The number of halogens is 2. The zero-order valence-electron chi connectivity index (χ0n) is 26.1. The third-order valence-corrected chi connectivity index (χ3v) is 8.59. The minimum Gasteiger partial charge on any atom is -0.444 e. The summed E-state index contributed by atoms with van der Waals surface area (Å²) in [5, 5.41) is 13.2. The topological polar surface area (TPSA) is 123 Å². The number of amides is 2. The number of aromatic nitrogens is 3. The highest BCUT2D eigenvalue weighted by Gasteiger charge is 2.30. The molecule has 5 aromatic rings. The molecule has 2 amide bonds. The second kappa shape index (κ2) is 12.1. The first-order chi connectivity index (χ1) is 21.8. The number of fused-ring (bicyclic) bond motifs is 2. The van der Waals surface area contributed by atoms with E-state index in [9.17, 15) is 14.7 Å². The molecule has 0 atom stereocenters. The molecule has 0 radical (unpaired) electrons. The van der Waals surface area contributed by atoms with E-state index in [0.717, 1.165) is 22.4 Å². The Balaban J connectivity index is 1.26. The Hall–Kier alpha value is -4.38. The van der Waals surface area contributed by atoms with Crippen molar-refractivity contribution in [2.75, 3.05) is 11.9 Å². The Labute approximate surface area is 275 Å². The van der Waals surface area contributed by atoms with Crippen molar-refractivity contribution in [3.05, 3.63) is 86.9 Å². The average Bonchev–Trinajstić information content (AvgIpc) is 3.59. The van der Waals surface area contributed by atoms with E-state index in [0.29, 0.717) is 62.5 Å². The first-order valence-corrected chi connectivity index (χ1v) is 15.5. The highest BCUT2D eigenvalue weighted by atomic mass is 35.5. The molecular weight excluding hydrogens is 629 g/mol. The highest BCUT2D eigenvalue weighted by molar-refractivity contribution is 6.36. The van der Waals surface area contributed by atoms with Crippen molar-refractivity contribution < 1.29 is 23.8 Å². The van der Waals surface area contributed by atoms with Gasteiger partial charge >= 0.3 is 6.09 Å². The van der Waals surface area contributed by atoms with Gasteiger partial charge < -0.3 is 29.0 Å². The number of aliphatic hydroxyl groups excluding tert-OH is 1. The van der Waals surface area contributed by atoms with Crippen LogP contribution in [0.2, 0.25) is 10.0 Å². The molecule has 0 fully saturated rings. The standard InChI is InChI=1S/C34H33Cl2N5O5/c1-18-20(8-6-9-21(18)32-39-25-15-19(17-42)14-23(35)29(25)45-32)22-10-7-11-24(28(22)36)38-31(43)30-37-26-16-41(13-12-27(26)40(30)5)33(44)46-34(2,3)4/h6-11,14-15,42H,12-13,16-17H2,1-5H3,(H,38,43). The van der Waals surface area contributed by atoms with Crippen LogP contribution in [0.3, 0.4) is 0 Å². The van der Waals surface area contributed by atoms with E-state index in [-0.39, 0.29) is 19.0 Å². The molecule has 2 aromatic heterocycles. The molecule has 238 valence electrons. The highest BCUT2D eigenvalue weighted by Crippen LogP contribution is 2.39. The average molecular weight is 663 g/mol. The van der Waals surface area contributed by atoms with E-state index in [4.69, 9.17) is 32.4 Å². The summed E-state index contributed by atoms with van der Waals surface area (Å²) in [5.41, 5.74) is 6.16. The van der Waals surface area contributed by atoms with Gasteiger partial charge in [-0.25, -0.2) is 14.8 Å². The molecule has 2 N–H and O–H groups in total. The summed E-state index contributed by atoms with van der Waals surface area (Å²) < 4.78 is 13.3. The molecule has 0 bridgehead atoms. The molecule has 0 saturated carbocycles. The molecule has 0 saturated heterocycles. The number of rotatable bonds is 5. The number of oxazole rings is 1. The predicted molar refractivity (Wildman–Crippen MR) is 177 cm³/mol. The number of carbonyl (C=O) groups excluding carboxylic acids is 2. The number of carbonyl (C=O) groups is 2. The third kappa shape index (κ3) is 5.95. The fraction of sp³-hybridized carbons (Fsp3) is 0.294. The Bertz CT molecular complexity index is 2010. The van der Waals surface area contributed by atoms with E-state index >= 15 is 0 Å². The van der Waals surface area contributed by atoms with Crippen LogP contribution in [0, 0.1) is 6.92 Å². The maximum atomic E-state index is 13.5. The zero-order valence-corrected chi connectivity index (χ0v) is 27.6. The molecule has 0 aliphatic carbocycles. The quantitative estimate of drug-likeness (QED) is 0.199. The molecule has 0 spiro atoms. The molecule has 0 unspecified atom stereocenters. The lowest BCUT2D eigenvalue weighted by molar-refractivity contribution is 0.0220. The van der Waals surface area contributed by atoms with Gasteiger partial charge in [-0.1, -0.05) is 47.5 Å². The summed E-state index contributed by atoms with van der Waals surface area (Å²) in [6.07, 6.45) is 0.139. The molecule has 3 aromatic carbocycles. The van der Waals surface area contributed by atoms with Crippen LogP contribution in [-0.2, 0) is 31.4 Å². The minimum absolute atomic E-state index is 0.160. The number of nitrogens with zero attached hydrogens (tertiary/aromatic N) is 4. The van der Waals surface area contributed by atoms with E-state index in [1.807, 2.05) is 58.0 Å². The molecule has 1 aliphatic heterocycles. The van der Waals surface area contributed by atoms with Gasteiger partial charge in [-0.2, -0.15) is 0 Å². The Morgan fingerprint density at radius 1 is 1.07 bits per heavy atom. The smallest absolute Gasteiger partial charge is 0.410 e. The fourth-order valence-electron chi connectivity index (χ4n) is 5.64. The third-order valence-electron chi connectivity index (χ3n) is 7.90. The van der Waals surface area contributed by atoms with Crippen molar-refractivity contribution in [1.82, 2.24) is 19.4 Å². The van der Waals surface area contributed by atoms with Crippen LogP contribution < -0.4 is 5.32 Å². The van der Waals surface area contributed by atoms with Gasteiger partial charge in [0, 0.05) is 36.8 Å². The summed E-state index contributed by atoms with van der Waals surface area (Å²) in [4.78, 5) is 37.0. The van der Waals surface area contributed by atoms with Crippen LogP contribution in [0.15, 0.2) is 52.9 Å². The Morgan fingerprint density at radius 3 is 2.52 bits per heavy atom. The zero-order chi connectivity index (χ0) is 32.9. The number of ether oxygens (including phenoxy) is 1. The molecule has 3 heterocycles. The number of imidazole rings is 1. The van der Waals surface area contributed by atoms with Gasteiger partial charge in [0.05, 0.1) is 34.6 Å². The summed E-state index contributed by atoms with van der Waals surface area (Å²) in [6, 6.07) is 14.6. The van der Waals surface area contributed by atoms with Crippen LogP contribution in [0.1, 0.15) is 53.9 Å². The van der Waals surface area contributed by atoms with Crippen molar-refractivity contribution in [3.63, 3.8) is 0 Å². The molecule has 46 heavy (non-hydrogen) atoms. The summed E-state index contributed by atoms with van der Waals surface area (Å²) in [5.74, 6) is 0.182. The largest absolute Gasteiger partial charge is 0.444 e. The fourth-order valence-corrected chi connectivity index (χ4v) is 6.19. The Kier molecular flexibility index (Phi) is 8.30. The summed E-state index contributed by atoms with van der Waals surface area (Å²) >= 11 is 13.3. The van der Waals surface area contributed by atoms with Crippen LogP contribution in [0.25, 0.3) is 33.7 Å². The molecule has 1 aliphatic rings. The summed E-state index contributed by atoms with van der Waals surface area (Å²) in [7, 11) is 1.79. The number of hydrogen-bond donors (Lipinski definition) is 2. The van der Waals surface area contributed by atoms with Gasteiger partial charge in [-0.05, 0) is 68.7 Å². The normalized spacial score (nSPS) is 13.2. The lowest BCUT2D eigenvalue weighted by Crippen LogP contribution is -2.40. The number of benzene rings is 3. The van der Waals surface area contributed by atoms with E-state index in [2.05, 4.69) is 15.3 Å². The van der Waals surface area contributed by atoms with Crippen LogP contribution >= 0.6 is 23.2 Å². The van der Waals surface area contributed by atoms with Crippen molar-refractivity contribution in [1.29, 1.82) is 0 Å².